The quantitative estimate of drug-likeness (QED) is 0.737. The van der Waals surface area contributed by atoms with Gasteiger partial charge in [0.25, 0.3) is 5.91 Å². The highest BCUT2D eigenvalue weighted by molar-refractivity contribution is 6.31. The predicted octanol–water partition coefficient (Wildman–Crippen LogP) is 2.78. The van der Waals surface area contributed by atoms with E-state index in [2.05, 4.69) is 0 Å². The van der Waals surface area contributed by atoms with Gasteiger partial charge in [-0.15, -0.1) is 0 Å². The average molecular weight is 476 g/mol. The van der Waals surface area contributed by atoms with Gasteiger partial charge in [-0.3, -0.25) is 19.1 Å². The number of carbonyl (C=O) groups excluding carboxylic acids is 3. The third kappa shape index (κ3) is 4.10. The number of fused-ring (bicyclic) bond motifs is 2. The Morgan fingerprint density at radius 1 is 1.18 bits per heavy atom. The Labute approximate surface area is 196 Å². The first-order valence-corrected chi connectivity index (χ1v) is 11.1. The third-order valence-corrected chi connectivity index (χ3v) is 6.44. The summed E-state index contributed by atoms with van der Waals surface area (Å²) < 4.78 is 15.5. The van der Waals surface area contributed by atoms with E-state index in [0.717, 1.165) is 0 Å². The molecule has 1 fully saturated rings. The molecular formula is C23H27ClFN5O3. The van der Waals surface area contributed by atoms with Crippen LogP contribution in [0.25, 0.3) is 11.3 Å². The van der Waals surface area contributed by atoms with Crippen LogP contribution in [0, 0.1) is 11.2 Å². The number of halogens is 2. The highest BCUT2D eigenvalue weighted by Crippen LogP contribution is 2.40. The Hall–Kier alpha value is -2.94. The molecule has 1 aromatic heterocycles. The van der Waals surface area contributed by atoms with Gasteiger partial charge in [-0.2, -0.15) is 5.10 Å². The Kier molecular flexibility index (Phi) is 5.51. The van der Waals surface area contributed by atoms with Crippen LogP contribution < -0.4 is 5.73 Å². The number of hydrogen-bond donors (Lipinski definition) is 1. The van der Waals surface area contributed by atoms with Crippen molar-refractivity contribution in [1.82, 2.24) is 19.6 Å². The summed E-state index contributed by atoms with van der Waals surface area (Å²) >= 11 is 5.97. The molecule has 1 aromatic carbocycles. The fourth-order valence-corrected chi connectivity index (χ4v) is 4.80. The number of amides is 3. The van der Waals surface area contributed by atoms with E-state index in [1.165, 1.54) is 25.1 Å². The molecule has 33 heavy (non-hydrogen) atoms. The van der Waals surface area contributed by atoms with Crippen molar-refractivity contribution in [2.45, 2.75) is 46.2 Å². The molecule has 2 aliphatic heterocycles. The first-order valence-electron chi connectivity index (χ1n) is 10.7. The number of likely N-dealkylation sites (tertiary alicyclic amines) is 1. The number of nitrogens with zero attached hydrogens (tertiary/aromatic N) is 4. The lowest BCUT2D eigenvalue weighted by Gasteiger charge is -2.54. The minimum atomic E-state index is -0.699. The van der Waals surface area contributed by atoms with Crippen molar-refractivity contribution in [2.24, 2.45) is 11.1 Å². The monoisotopic (exact) mass is 475 g/mol. The van der Waals surface area contributed by atoms with Crippen LogP contribution in [0.2, 0.25) is 5.02 Å². The molecule has 0 unspecified atom stereocenters. The molecule has 0 atom stereocenters. The van der Waals surface area contributed by atoms with Crippen molar-refractivity contribution in [1.29, 1.82) is 0 Å². The molecule has 3 heterocycles. The lowest BCUT2D eigenvalue weighted by atomic mass is 9.85. The number of carbonyl (C=O) groups is 3. The maximum absolute atomic E-state index is 13.8. The number of benzene rings is 1. The molecule has 2 aromatic rings. The first kappa shape index (κ1) is 23.2. The largest absolute Gasteiger partial charge is 0.365 e. The van der Waals surface area contributed by atoms with Crippen molar-refractivity contribution >= 4 is 29.3 Å². The number of nitrogens with two attached hydrogens (primary N) is 1. The lowest BCUT2D eigenvalue weighted by molar-refractivity contribution is -0.148. The normalized spacial score (nSPS) is 17.0. The van der Waals surface area contributed by atoms with Crippen molar-refractivity contribution in [3.8, 4) is 11.3 Å². The molecule has 0 bridgehead atoms. The number of primary amides is 1. The van der Waals surface area contributed by atoms with E-state index >= 15 is 0 Å². The summed E-state index contributed by atoms with van der Waals surface area (Å²) in [4.78, 5) is 41.0. The molecule has 176 valence electrons. The topological polar surface area (TPSA) is 102 Å². The molecule has 2 N–H and O–H groups in total. The van der Waals surface area contributed by atoms with Crippen LogP contribution >= 0.6 is 11.6 Å². The molecule has 2 aliphatic rings. The number of aromatic nitrogens is 2. The van der Waals surface area contributed by atoms with Crippen LogP contribution in [0.1, 0.15) is 50.2 Å². The van der Waals surface area contributed by atoms with Crippen LogP contribution in [-0.2, 0) is 21.7 Å². The maximum atomic E-state index is 13.8. The van der Waals surface area contributed by atoms with Gasteiger partial charge in [0.2, 0.25) is 11.8 Å². The Balaban J connectivity index is 1.84. The maximum Gasteiger partial charge on any atom is 0.252 e. The summed E-state index contributed by atoms with van der Waals surface area (Å²) in [5.41, 5.74) is 6.30. The summed E-state index contributed by atoms with van der Waals surface area (Å²) in [5, 5.41) is 4.61. The SMILES string of the molecule is CC(=O)N1CC2(C1)CN(C(=O)CC(C)(C)C)Cc1c(C(N)=O)c(-c3ccc(F)c(Cl)c3)nn12. The second-order valence-corrected chi connectivity index (χ2v) is 10.6. The van der Waals surface area contributed by atoms with Gasteiger partial charge in [-0.25, -0.2) is 4.39 Å². The van der Waals surface area contributed by atoms with Crippen LogP contribution in [-0.4, -0.2) is 56.9 Å². The highest BCUT2D eigenvalue weighted by atomic mass is 35.5. The summed E-state index contributed by atoms with van der Waals surface area (Å²) in [6, 6.07) is 4.09. The summed E-state index contributed by atoms with van der Waals surface area (Å²) in [5.74, 6) is -1.41. The lowest BCUT2D eigenvalue weighted by Crippen LogP contribution is -2.70. The zero-order chi connectivity index (χ0) is 24.3. The third-order valence-electron chi connectivity index (χ3n) is 6.15. The van der Waals surface area contributed by atoms with Gasteiger partial charge in [-0.05, 0) is 23.6 Å². The molecule has 0 aliphatic carbocycles. The average Bonchev–Trinajstić information content (AvgIpc) is 3.06. The van der Waals surface area contributed by atoms with Gasteiger partial charge in [0.1, 0.15) is 17.1 Å². The minimum absolute atomic E-state index is 0.0441. The summed E-state index contributed by atoms with van der Waals surface area (Å²) in [6.07, 6.45) is 0.333. The van der Waals surface area contributed by atoms with Crippen molar-refractivity contribution in [3.05, 3.63) is 40.3 Å². The van der Waals surface area contributed by atoms with Crippen molar-refractivity contribution in [2.75, 3.05) is 19.6 Å². The van der Waals surface area contributed by atoms with Crippen molar-refractivity contribution in [3.63, 3.8) is 0 Å². The van der Waals surface area contributed by atoms with Crippen LogP contribution in [0.3, 0.4) is 0 Å². The van der Waals surface area contributed by atoms with Gasteiger partial charge < -0.3 is 15.5 Å². The van der Waals surface area contributed by atoms with Crippen molar-refractivity contribution < 1.29 is 18.8 Å². The molecule has 0 radical (unpaired) electrons. The molecule has 10 heteroatoms. The zero-order valence-corrected chi connectivity index (χ0v) is 19.9. The van der Waals surface area contributed by atoms with E-state index in [9.17, 15) is 18.8 Å². The molecular weight excluding hydrogens is 449 g/mol. The Morgan fingerprint density at radius 3 is 2.36 bits per heavy atom. The second kappa shape index (κ2) is 7.83. The van der Waals surface area contributed by atoms with Gasteiger partial charge >= 0.3 is 0 Å². The fourth-order valence-electron chi connectivity index (χ4n) is 4.62. The van der Waals surface area contributed by atoms with Crippen LogP contribution in [0.15, 0.2) is 18.2 Å². The smallest absolute Gasteiger partial charge is 0.252 e. The highest BCUT2D eigenvalue weighted by Gasteiger charge is 2.53. The van der Waals surface area contributed by atoms with Crippen LogP contribution in [0.5, 0.6) is 0 Å². The summed E-state index contributed by atoms with van der Waals surface area (Å²) in [7, 11) is 0. The van der Waals surface area contributed by atoms with E-state index in [1.54, 1.807) is 14.5 Å². The summed E-state index contributed by atoms with van der Waals surface area (Å²) in [6.45, 7) is 8.70. The Bertz CT molecular complexity index is 1160. The molecule has 1 spiro atoms. The number of rotatable bonds is 3. The van der Waals surface area contributed by atoms with Gasteiger partial charge in [0.15, 0.2) is 0 Å². The predicted molar refractivity (Wildman–Crippen MR) is 121 cm³/mol. The van der Waals surface area contributed by atoms with Crippen LogP contribution in [0.4, 0.5) is 4.39 Å². The van der Waals surface area contributed by atoms with E-state index < -0.39 is 17.3 Å². The van der Waals surface area contributed by atoms with E-state index in [1.807, 2.05) is 20.8 Å². The Morgan fingerprint density at radius 2 is 1.82 bits per heavy atom. The first-order chi connectivity index (χ1) is 15.3. The number of hydrogen-bond acceptors (Lipinski definition) is 4. The molecule has 8 nitrogen and oxygen atoms in total. The zero-order valence-electron chi connectivity index (χ0n) is 19.1. The van der Waals surface area contributed by atoms with E-state index in [0.29, 0.717) is 37.3 Å². The molecule has 3 amide bonds. The minimum Gasteiger partial charge on any atom is -0.365 e. The molecule has 1 saturated heterocycles. The van der Waals surface area contributed by atoms with E-state index in [4.69, 9.17) is 22.4 Å². The molecule has 4 rings (SSSR count). The standard InChI is InChI=1S/C23H27ClFN5O3/c1-13(31)29-11-23(12-29)10-28(18(32)8-22(2,3)4)9-17-19(21(26)33)20(27-30(17)23)14-5-6-16(25)15(24)7-14/h5-7H,8-12H2,1-4H3,(H2,26,33). The second-order valence-electron chi connectivity index (χ2n) is 10.2. The van der Waals surface area contributed by atoms with E-state index in [-0.39, 0.29) is 40.1 Å². The fraction of sp³-hybridized carbons (Fsp3) is 0.478. The van der Waals surface area contributed by atoms with Gasteiger partial charge in [0, 0.05) is 38.5 Å². The molecule has 0 saturated carbocycles. The van der Waals surface area contributed by atoms with Gasteiger partial charge in [0.05, 0.1) is 22.8 Å². The van der Waals surface area contributed by atoms with Gasteiger partial charge in [-0.1, -0.05) is 32.4 Å².